The van der Waals surface area contributed by atoms with E-state index in [1.807, 2.05) is 43.5 Å². The highest BCUT2D eigenvalue weighted by molar-refractivity contribution is 6.04. The molecule has 1 N–H and O–H groups in total. The van der Waals surface area contributed by atoms with Crippen LogP contribution in [0.3, 0.4) is 0 Å². The largest absolute Gasteiger partial charge is 0.490 e. The second-order valence-corrected chi connectivity index (χ2v) is 6.31. The minimum absolute atomic E-state index is 0.185. The van der Waals surface area contributed by atoms with E-state index >= 15 is 0 Å². The van der Waals surface area contributed by atoms with E-state index in [9.17, 15) is 4.79 Å². The lowest BCUT2D eigenvalue weighted by atomic mass is 10.2. The van der Waals surface area contributed by atoms with Crippen molar-refractivity contribution in [1.82, 2.24) is 9.78 Å². The molecule has 0 spiro atoms. The number of aromatic nitrogens is 2. The van der Waals surface area contributed by atoms with E-state index in [0.717, 1.165) is 18.5 Å². The number of ether oxygens (including phenoxy) is 2. The fraction of sp³-hybridized carbons (Fsp3) is 0.273. The molecule has 1 aromatic heterocycles. The molecule has 3 rings (SSSR count). The summed E-state index contributed by atoms with van der Waals surface area (Å²) in [7, 11) is 0. The quantitative estimate of drug-likeness (QED) is 0.585. The Balaban J connectivity index is 1.72. The maximum absolute atomic E-state index is 12.6. The summed E-state index contributed by atoms with van der Waals surface area (Å²) in [6.45, 7) is 5.31. The highest BCUT2D eigenvalue weighted by Gasteiger charge is 2.11. The number of nitrogens with zero attached hydrogens (tertiary/aromatic N) is 2. The highest BCUT2D eigenvalue weighted by Crippen LogP contribution is 2.31. The molecule has 0 radical (unpaired) electrons. The molecule has 0 saturated heterocycles. The molecule has 0 aliphatic rings. The SMILES string of the molecule is CCCOc1ccc(NC(=O)c2ccc(-n3cccn3)cc2)cc1OCCC. The van der Waals surface area contributed by atoms with Crippen molar-refractivity contribution in [3.8, 4) is 17.2 Å². The number of carbonyl (C=O) groups excluding carboxylic acids is 1. The van der Waals surface area contributed by atoms with Crippen molar-refractivity contribution in [2.75, 3.05) is 18.5 Å². The summed E-state index contributed by atoms with van der Waals surface area (Å²) in [6, 6.07) is 14.6. The monoisotopic (exact) mass is 379 g/mol. The number of carbonyl (C=O) groups is 1. The third-order valence-electron chi connectivity index (χ3n) is 4.02. The van der Waals surface area contributed by atoms with Crippen LogP contribution in [0.4, 0.5) is 5.69 Å². The molecule has 0 aliphatic carbocycles. The van der Waals surface area contributed by atoms with Crippen LogP contribution in [-0.2, 0) is 0 Å². The fourth-order valence-corrected chi connectivity index (χ4v) is 2.63. The van der Waals surface area contributed by atoms with E-state index in [0.29, 0.717) is 36.0 Å². The van der Waals surface area contributed by atoms with Gasteiger partial charge in [0.05, 0.1) is 18.9 Å². The van der Waals surface area contributed by atoms with Gasteiger partial charge in [-0.05, 0) is 55.3 Å². The molecule has 6 heteroatoms. The number of benzene rings is 2. The summed E-state index contributed by atoms with van der Waals surface area (Å²) in [5, 5.41) is 7.10. The first kappa shape index (κ1) is 19.5. The van der Waals surface area contributed by atoms with Crippen LogP contribution in [0.25, 0.3) is 5.69 Å². The molecule has 1 amide bonds. The smallest absolute Gasteiger partial charge is 0.255 e. The van der Waals surface area contributed by atoms with E-state index in [1.165, 1.54) is 0 Å². The zero-order chi connectivity index (χ0) is 19.8. The maximum Gasteiger partial charge on any atom is 0.255 e. The van der Waals surface area contributed by atoms with Crippen molar-refractivity contribution in [1.29, 1.82) is 0 Å². The first-order valence-corrected chi connectivity index (χ1v) is 9.52. The van der Waals surface area contributed by atoms with Gasteiger partial charge in [0.15, 0.2) is 11.5 Å². The fourth-order valence-electron chi connectivity index (χ4n) is 2.63. The number of anilines is 1. The molecule has 3 aromatic rings. The third kappa shape index (κ3) is 4.91. The first-order valence-electron chi connectivity index (χ1n) is 9.52. The zero-order valence-electron chi connectivity index (χ0n) is 16.2. The minimum atomic E-state index is -0.185. The number of amides is 1. The first-order chi connectivity index (χ1) is 13.7. The Morgan fingerprint density at radius 1 is 1.00 bits per heavy atom. The van der Waals surface area contributed by atoms with Gasteiger partial charge in [0.2, 0.25) is 0 Å². The molecule has 0 saturated carbocycles. The van der Waals surface area contributed by atoms with Crippen LogP contribution in [0.5, 0.6) is 11.5 Å². The normalized spacial score (nSPS) is 10.5. The number of rotatable bonds is 9. The summed E-state index contributed by atoms with van der Waals surface area (Å²) in [5.74, 6) is 1.15. The van der Waals surface area contributed by atoms with Gasteiger partial charge in [-0.1, -0.05) is 13.8 Å². The maximum atomic E-state index is 12.6. The predicted octanol–water partition coefficient (Wildman–Crippen LogP) is 4.70. The Morgan fingerprint density at radius 2 is 1.71 bits per heavy atom. The number of hydrogen-bond donors (Lipinski definition) is 1. The summed E-state index contributed by atoms with van der Waals surface area (Å²) in [5.41, 5.74) is 2.13. The van der Waals surface area contributed by atoms with Crippen molar-refractivity contribution in [2.24, 2.45) is 0 Å². The van der Waals surface area contributed by atoms with Crippen LogP contribution >= 0.6 is 0 Å². The van der Waals surface area contributed by atoms with Crippen molar-refractivity contribution >= 4 is 11.6 Å². The highest BCUT2D eigenvalue weighted by atomic mass is 16.5. The second-order valence-electron chi connectivity index (χ2n) is 6.31. The summed E-state index contributed by atoms with van der Waals surface area (Å²) < 4.78 is 13.3. The van der Waals surface area contributed by atoms with Crippen molar-refractivity contribution in [3.05, 3.63) is 66.5 Å². The average molecular weight is 379 g/mol. The van der Waals surface area contributed by atoms with E-state index in [2.05, 4.69) is 17.3 Å². The molecule has 28 heavy (non-hydrogen) atoms. The Labute approximate surface area is 165 Å². The minimum Gasteiger partial charge on any atom is -0.490 e. The van der Waals surface area contributed by atoms with Gasteiger partial charge in [0.1, 0.15) is 0 Å². The van der Waals surface area contributed by atoms with E-state index in [1.54, 1.807) is 29.1 Å². The van der Waals surface area contributed by atoms with Crippen LogP contribution in [0.15, 0.2) is 60.9 Å². The molecule has 2 aromatic carbocycles. The lowest BCUT2D eigenvalue weighted by Crippen LogP contribution is -2.12. The lowest BCUT2D eigenvalue weighted by Gasteiger charge is -2.14. The van der Waals surface area contributed by atoms with Gasteiger partial charge in [-0.2, -0.15) is 5.10 Å². The van der Waals surface area contributed by atoms with Crippen LogP contribution in [0, 0.1) is 0 Å². The molecular weight excluding hydrogens is 354 g/mol. The average Bonchev–Trinajstić information content (AvgIpc) is 3.26. The third-order valence-corrected chi connectivity index (χ3v) is 4.02. The van der Waals surface area contributed by atoms with Gasteiger partial charge in [0.25, 0.3) is 5.91 Å². The number of nitrogens with one attached hydrogen (secondary N) is 1. The summed E-state index contributed by atoms with van der Waals surface area (Å²) in [6.07, 6.45) is 5.38. The van der Waals surface area contributed by atoms with Gasteiger partial charge in [-0.3, -0.25) is 4.79 Å². The molecule has 0 fully saturated rings. The van der Waals surface area contributed by atoms with E-state index in [-0.39, 0.29) is 5.91 Å². The Hall–Kier alpha value is -3.28. The van der Waals surface area contributed by atoms with E-state index in [4.69, 9.17) is 9.47 Å². The number of hydrogen-bond acceptors (Lipinski definition) is 4. The molecule has 0 unspecified atom stereocenters. The van der Waals surface area contributed by atoms with Gasteiger partial charge < -0.3 is 14.8 Å². The molecule has 0 bridgehead atoms. The molecular formula is C22H25N3O3. The van der Waals surface area contributed by atoms with Gasteiger partial charge >= 0.3 is 0 Å². The molecule has 6 nitrogen and oxygen atoms in total. The summed E-state index contributed by atoms with van der Waals surface area (Å²) in [4.78, 5) is 12.6. The Kier molecular flexibility index (Phi) is 6.68. The Morgan fingerprint density at radius 3 is 2.36 bits per heavy atom. The topological polar surface area (TPSA) is 65.4 Å². The molecule has 0 aliphatic heterocycles. The van der Waals surface area contributed by atoms with Crippen LogP contribution in [0.1, 0.15) is 37.0 Å². The molecule has 0 atom stereocenters. The second kappa shape index (κ2) is 9.60. The van der Waals surface area contributed by atoms with Gasteiger partial charge in [-0.25, -0.2) is 4.68 Å². The standard InChI is InChI=1S/C22H25N3O3/c1-3-14-27-20-11-8-18(16-21(20)28-15-4-2)24-22(26)17-6-9-19(10-7-17)25-13-5-12-23-25/h5-13,16H,3-4,14-15H2,1-2H3,(H,24,26). The molecule has 1 heterocycles. The van der Waals surface area contributed by atoms with Gasteiger partial charge in [-0.15, -0.1) is 0 Å². The Bertz CT molecular complexity index is 890. The van der Waals surface area contributed by atoms with Crippen LogP contribution in [-0.4, -0.2) is 28.9 Å². The molecule has 146 valence electrons. The summed E-state index contributed by atoms with van der Waals surface area (Å²) >= 11 is 0. The predicted molar refractivity (Wildman–Crippen MR) is 110 cm³/mol. The van der Waals surface area contributed by atoms with E-state index < -0.39 is 0 Å². The lowest BCUT2D eigenvalue weighted by molar-refractivity contribution is 0.102. The van der Waals surface area contributed by atoms with Crippen molar-refractivity contribution < 1.29 is 14.3 Å². The van der Waals surface area contributed by atoms with Gasteiger partial charge in [0, 0.05) is 29.7 Å². The van der Waals surface area contributed by atoms with Crippen molar-refractivity contribution in [3.63, 3.8) is 0 Å². The van der Waals surface area contributed by atoms with Crippen LogP contribution < -0.4 is 14.8 Å². The van der Waals surface area contributed by atoms with Crippen LogP contribution in [0.2, 0.25) is 0 Å². The van der Waals surface area contributed by atoms with Crippen molar-refractivity contribution in [2.45, 2.75) is 26.7 Å². The zero-order valence-corrected chi connectivity index (χ0v) is 16.2.